The first-order valence-corrected chi connectivity index (χ1v) is 6.38. The number of anilines is 1. The average Bonchev–Trinajstić information content (AvgIpc) is 3.13. The second kappa shape index (κ2) is 5.24. The molecule has 1 fully saturated rings. The second-order valence-electron chi connectivity index (χ2n) is 5.47. The van der Waals surface area contributed by atoms with E-state index < -0.39 is 0 Å². The first-order valence-electron chi connectivity index (χ1n) is 6.38. The summed E-state index contributed by atoms with van der Waals surface area (Å²) in [7, 11) is 1.95. The molecule has 1 aliphatic rings. The number of aliphatic hydroxyl groups is 1. The molecule has 0 aromatic heterocycles. The first kappa shape index (κ1) is 13.3. The summed E-state index contributed by atoms with van der Waals surface area (Å²) in [6, 6.07) is 6.96. The number of halogens is 1. The highest BCUT2D eigenvalue weighted by molar-refractivity contribution is 5.45. The van der Waals surface area contributed by atoms with Crippen molar-refractivity contribution in [2.75, 3.05) is 25.1 Å². The van der Waals surface area contributed by atoms with Crippen LogP contribution >= 0.6 is 0 Å². The van der Waals surface area contributed by atoms with Gasteiger partial charge >= 0.3 is 0 Å². The van der Waals surface area contributed by atoms with Crippen molar-refractivity contribution in [1.82, 2.24) is 5.32 Å². The predicted molar refractivity (Wildman–Crippen MR) is 71.3 cm³/mol. The second-order valence-corrected chi connectivity index (χ2v) is 5.47. The number of nitrogens with zero attached hydrogens (tertiary/aromatic N) is 1. The Balaban J connectivity index is 1.99. The lowest BCUT2D eigenvalue weighted by Crippen LogP contribution is -2.54. The van der Waals surface area contributed by atoms with Gasteiger partial charge in [0.2, 0.25) is 0 Å². The van der Waals surface area contributed by atoms with Crippen LogP contribution in [0.25, 0.3) is 0 Å². The molecule has 0 aliphatic heterocycles. The maximum Gasteiger partial charge on any atom is 0.123 e. The van der Waals surface area contributed by atoms with Gasteiger partial charge in [-0.3, -0.25) is 0 Å². The zero-order valence-corrected chi connectivity index (χ0v) is 11.0. The molecule has 100 valence electrons. The van der Waals surface area contributed by atoms with Gasteiger partial charge in [-0.2, -0.15) is 0 Å². The summed E-state index contributed by atoms with van der Waals surface area (Å²) < 4.78 is 12.9. The third-order valence-electron chi connectivity index (χ3n) is 3.33. The molecule has 1 aromatic rings. The van der Waals surface area contributed by atoms with Crippen LogP contribution in [0.1, 0.15) is 19.8 Å². The SMILES string of the molecule is CN(CC(C)(CO)NC1CC1)c1ccc(F)cc1. The molecule has 3 nitrogen and oxygen atoms in total. The Morgan fingerprint density at radius 1 is 1.39 bits per heavy atom. The highest BCUT2D eigenvalue weighted by Gasteiger charge is 2.32. The summed E-state index contributed by atoms with van der Waals surface area (Å²) in [5, 5.41) is 13.0. The number of hydrogen-bond donors (Lipinski definition) is 2. The van der Waals surface area contributed by atoms with E-state index >= 15 is 0 Å². The Kier molecular flexibility index (Phi) is 3.88. The summed E-state index contributed by atoms with van der Waals surface area (Å²) in [5.41, 5.74) is 0.637. The number of hydrogen-bond acceptors (Lipinski definition) is 3. The number of benzene rings is 1. The number of likely N-dealkylation sites (N-methyl/N-ethyl adjacent to an activating group) is 1. The number of nitrogens with one attached hydrogen (secondary N) is 1. The maximum absolute atomic E-state index is 12.9. The molecule has 0 spiro atoms. The van der Waals surface area contributed by atoms with Gasteiger partial charge in [-0.05, 0) is 44.0 Å². The van der Waals surface area contributed by atoms with E-state index in [0.717, 1.165) is 5.69 Å². The summed E-state index contributed by atoms with van der Waals surface area (Å²) in [5.74, 6) is -0.229. The van der Waals surface area contributed by atoms with Gasteiger partial charge in [0.1, 0.15) is 5.82 Å². The zero-order valence-electron chi connectivity index (χ0n) is 11.0. The van der Waals surface area contributed by atoms with Gasteiger partial charge in [0.15, 0.2) is 0 Å². The summed E-state index contributed by atoms with van der Waals surface area (Å²) in [6.45, 7) is 2.80. The van der Waals surface area contributed by atoms with Crippen molar-refractivity contribution in [3.63, 3.8) is 0 Å². The van der Waals surface area contributed by atoms with E-state index in [2.05, 4.69) is 5.32 Å². The molecule has 4 heteroatoms. The molecule has 18 heavy (non-hydrogen) atoms. The fourth-order valence-electron chi connectivity index (χ4n) is 2.17. The molecule has 0 heterocycles. The van der Waals surface area contributed by atoms with Gasteiger partial charge in [0.25, 0.3) is 0 Å². The van der Waals surface area contributed by atoms with Crippen molar-refractivity contribution < 1.29 is 9.50 Å². The molecular formula is C14H21FN2O. The molecule has 1 saturated carbocycles. The fraction of sp³-hybridized carbons (Fsp3) is 0.571. The lowest BCUT2D eigenvalue weighted by atomic mass is 10.0. The predicted octanol–water partition coefficient (Wildman–Crippen LogP) is 1.76. The normalized spacial score (nSPS) is 18.4. The lowest BCUT2D eigenvalue weighted by Gasteiger charge is -2.34. The number of rotatable bonds is 6. The molecule has 0 radical (unpaired) electrons. The van der Waals surface area contributed by atoms with Crippen LogP contribution in [0.2, 0.25) is 0 Å². The molecule has 1 aromatic carbocycles. The van der Waals surface area contributed by atoms with Crippen molar-refractivity contribution in [1.29, 1.82) is 0 Å². The first-order chi connectivity index (χ1) is 8.52. The fourth-order valence-corrected chi connectivity index (χ4v) is 2.17. The molecule has 1 unspecified atom stereocenters. The van der Waals surface area contributed by atoms with Crippen molar-refractivity contribution >= 4 is 5.69 Å². The van der Waals surface area contributed by atoms with E-state index in [1.165, 1.54) is 25.0 Å². The molecule has 0 bridgehead atoms. The van der Waals surface area contributed by atoms with E-state index in [1.54, 1.807) is 12.1 Å². The van der Waals surface area contributed by atoms with E-state index in [1.807, 2.05) is 18.9 Å². The van der Waals surface area contributed by atoms with Crippen LogP contribution in [0.5, 0.6) is 0 Å². The minimum absolute atomic E-state index is 0.0923. The van der Waals surface area contributed by atoms with Gasteiger partial charge < -0.3 is 15.3 Å². The molecule has 1 atom stereocenters. The van der Waals surface area contributed by atoms with Crippen LogP contribution in [-0.2, 0) is 0 Å². The van der Waals surface area contributed by atoms with Gasteiger partial charge in [-0.15, -0.1) is 0 Å². The molecule has 2 rings (SSSR count). The van der Waals surface area contributed by atoms with Crippen molar-refractivity contribution in [3.05, 3.63) is 30.1 Å². The topological polar surface area (TPSA) is 35.5 Å². The van der Waals surface area contributed by atoms with E-state index in [0.29, 0.717) is 12.6 Å². The molecule has 2 N–H and O–H groups in total. The Morgan fingerprint density at radius 3 is 2.50 bits per heavy atom. The standard InChI is InChI=1S/C14H21FN2O/c1-14(10-18,16-12-5-6-12)9-17(2)13-7-3-11(15)4-8-13/h3-4,7-8,12,16,18H,5-6,9-10H2,1-2H3. The third-order valence-corrected chi connectivity index (χ3v) is 3.33. The van der Waals surface area contributed by atoms with Crippen LogP contribution in [0.3, 0.4) is 0 Å². The van der Waals surface area contributed by atoms with E-state index in [9.17, 15) is 9.50 Å². The van der Waals surface area contributed by atoms with Crippen LogP contribution in [0.15, 0.2) is 24.3 Å². The summed E-state index contributed by atoms with van der Waals surface area (Å²) in [6.07, 6.45) is 2.38. The maximum atomic E-state index is 12.9. The Hall–Kier alpha value is -1.13. The lowest BCUT2D eigenvalue weighted by molar-refractivity contribution is 0.177. The summed E-state index contributed by atoms with van der Waals surface area (Å²) in [4.78, 5) is 2.03. The number of aliphatic hydroxyl groups excluding tert-OH is 1. The zero-order chi connectivity index (χ0) is 13.2. The Morgan fingerprint density at radius 2 is 2.00 bits per heavy atom. The summed E-state index contributed by atoms with van der Waals surface area (Å²) >= 11 is 0. The van der Waals surface area contributed by atoms with Gasteiger partial charge in [-0.25, -0.2) is 4.39 Å². The van der Waals surface area contributed by atoms with Gasteiger partial charge in [0, 0.05) is 25.3 Å². The largest absolute Gasteiger partial charge is 0.394 e. The van der Waals surface area contributed by atoms with Crippen LogP contribution in [0.4, 0.5) is 10.1 Å². The Bertz CT molecular complexity index is 391. The van der Waals surface area contributed by atoms with Crippen LogP contribution < -0.4 is 10.2 Å². The highest BCUT2D eigenvalue weighted by Crippen LogP contribution is 2.24. The highest BCUT2D eigenvalue weighted by atomic mass is 19.1. The van der Waals surface area contributed by atoms with Gasteiger partial charge in [-0.1, -0.05) is 0 Å². The minimum atomic E-state index is -0.315. The third kappa shape index (κ3) is 3.43. The molecule has 1 aliphatic carbocycles. The van der Waals surface area contributed by atoms with Crippen molar-refractivity contribution in [2.45, 2.75) is 31.3 Å². The molecular weight excluding hydrogens is 231 g/mol. The Labute approximate surface area is 108 Å². The van der Waals surface area contributed by atoms with Crippen molar-refractivity contribution in [3.8, 4) is 0 Å². The smallest absolute Gasteiger partial charge is 0.123 e. The van der Waals surface area contributed by atoms with E-state index in [4.69, 9.17) is 0 Å². The average molecular weight is 252 g/mol. The van der Waals surface area contributed by atoms with E-state index in [-0.39, 0.29) is 18.0 Å². The molecule has 0 amide bonds. The van der Waals surface area contributed by atoms with Crippen molar-refractivity contribution in [2.24, 2.45) is 0 Å². The van der Waals surface area contributed by atoms with Crippen LogP contribution in [-0.4, -0.2) is 36.9 Å². The molecule has 0 saturated heterocycles. The monoisotopic (exact) mass is 252 g/mol. The van der Waals surface area contributed by atoms with Crippen LogP contribution in [0, 0.1) is 5.82 Å². The van der Waals surface area contributed by atoms with Gasteiger partial charge in [0.05, 0.1) is 12.1 Å². The minimum Gasteiger partial charge on any atom is -0.394 e. The quantitative estimate of drug-likeness (QED) is 0.810.